The highest BCUT2D eigenvalue weighted by atomic mass is 32.1. The smallest absolute Gasteiger partial charge is 0.269 e. The molecule has 23 heavy (non-hydrogen) atoms. The Hall–Kier alpha value is -2.48. The number of hydrogen-bond donors (Lipinski definition) is 4. The van der Waals surface area contributed by atoms with E-state index >= 15 is 0 Å². The molecular formula is C15H20N4O3S. The van der Waals surface area contributed by atoms with Crippen LogP contribution in [0.25, 0.3) is 0 Å². The van der Waals surface area contributed by atoms with Crippen LogP contribution in [-0.2, 0) is 9.59 Å². The molecule has 124 valence electrons. The molecule has 1 aromatic rings. The fourth-order valence-corrected chi connectivity index (χ4v) is 1.86. The molecule has 0 bridgehead atoms. The van der Waals surface area contributed by atoms with Crippen LogP contribution in [0.3, 0.4) is 0 Å². The molecule has 0 aliphatic carbocycles. The summed E-state index contributed by atoms with van der Waals surface area (Å²) in [6, 6.07) is 6.42. The number of thiocarbonyl (C=S) groups is 1. The maximum atomic E-state index is 11.9. The molecule has 0 saturated carbocycles. The van der Waals surface area contributed by atoms with Gasteiger partial charge in [0.25, 0.3) is 5.91 Å². The van der Waals surface area contributed by atoms with Crippen molar-refractivity contribution in [2.24, 2.45) is 5.92 Å². The molecule has 0 unspecified atom stereocenters. The molecule has 0 fully saturated rings. The predicted molar refractivity (Wildman–Crippen MR) is 91.5 cm³/mol. The average molecular weight is 336 g/mol. The van der Waals surface area contributed by atoms with E-state index < -0.39 is 5.91 Å². The van der Waals surface area contributed by atoms with Crippen LogP contribution in [0.1, 0.15) is 37.6 Å². The number of benzene rings is 1. The van der Waals surface area contributed by atoms with Crippen molar-refractivity contribution in [3.63, 3.8) is 0 Å². The van der Waals surface area contributed by atoms with E-state index in [0.717, 1.165) is 0 Å². The fraction of sp³-hybridized carbons (Fsp3) is 0.333. The van der Waals surface area contributed by atoms with E-state index in [-0.39, 0.29) is 22.8 Å². The van der Waals surface area contributed by atoms with E-state index in [9.17, 15) is 14.4 Å². The summed E-state index contributed by atoms with van der Waals surface area (Å²) in [5.41, 5.74) is 5.77. The summed E-state index contributed by atoms with van der Waals surface area (Å²) in [6.45, 7) is 5.24. The lowest BCUT2D eigenvalue weighted by Gasteiger charge is -2.10. The van der Waals surface area contributed by atoms with Crippen LogP contribution in [0.4, 0.5) is 5.69 Å². The van der Waals surface area contributed by atoms with E-state index in [2.05, 4.69) is 21.5 Å². The van der Waals surface area contributed by atoms with Gasteiger partial charge in [-0.15, -0.1) is 0 Å². The van der Waals surface area contributed by atoms with Gasteiger partial charge < -0.3 is 10.6 Å². The zero-order valence-electron chi connectivity index (χ0n) is 13.2. The van der Waals surface area contributed by atoms with Gasteiger partial charge in [-0.05, 0) is 42.4 Å². The van der Waals surface area contributed by atoms with Gasteiger partial charge in [0.15, 0.2) is 5.11 Å². The van der Waals surface area contributed by atoms with E-state index in [0.29, 0.717) is 17.7 Å². The molecule has 4 N–H and O–H groups in total. The molecule has 0 aliphatic heterocycles. The third-order valence-electron chi connectivity index (χ3n) is 2.60. The van der Waals surface area contributed by atoms with Crippen LogP contribution in [0.2, 0.25) is 0 Å². The van der Waals surface area contributed by atoms with Crippen molar-refractivity contribution in [2.45, 2.75) is 27.2 Å². The van der Waals surface area contributed by atoms with Crippen molar-refractivity contribution in [1.82, 2.24) is 16.2 Å². The molecule has 7 nitrogen and oxygen atoms in total. The number of rotatable bonds is 4. The molecule has 3 amide bonds. The van der Waals surface area contributed by atoms with E-state index in [1.165, 1.54) is 6.92 Å². The van der Waals surface area contributed by atoms with Gasteiger partial charge in [-0.1, -0.05) is 13.8 Å². The van der Waals surface area contributed by atoms with Gasteiger partial charge in [0.2, 0.25) is 11.8 Å². The molecule has 0 saturated heterocycles. The third-order valence-corrected chi connectivity index (χ3v) is 2.81. The highest BCUT2D eigenvalue weighted by Crippen LogP contribution is 2.11. The molecule has 0 heterocycles. The first-order chi connectivity index (χ1) is 10.8. The monoisotopic (exact) mass is 336 g/mol. The summed E-state index contributed by atoms with van der Waals surface area (Å²) < 4.78 is 0. The van der Waals surface area contributed by atoms with Crippen LogP contribution < -0.4 is 21.5 Å². The minimum Gasteiger partial charge on any atom is -0.326 e. The second-order valence-corrected chi connectivity index (χ2v) is 5.72. The molecule has 8 heteroatoms. The first-order valence-corrected chi connectivity index (χ1v) is 7.46. The van der Waals surface area contributed by atoms with Gasteiger partial charge in [-0.2, -0.15) is 0 Å². The summed E-state index contributed by atoms with van der Waals surface area (Å²) >= 11 is 4.80. The maximum absolute atomic E-state index is 11.9. The third kappa shape index (κ3) is 7.37. The van der Waals surface area contributed by atoms with Gasteiger partial charge >= 0.3 is 0 Å². The summed E-state index contributed by atoms with van der Waals surface area (Å²) in [5.74, 6) is -0.547. The topological polar surface area (TPSA) is 99.3 Å². The Morgan fingerprint density at radius 1 is 1.09 bits per heavy atom. The molecule has 0 spiro atoms. The first kappa shape index (κ1) is 18.6. The van der Waals surface area contributed by atoms with E-state index in [1.54, 1.807) is 24.3 Å². The van der Waals surface area contributed by atoms with Crippen molar-refractivity contribution in [2.75, 3.05) is 5.32 Å². The Bertz CT molecular complexity index is 599. The van der Waals surface area contributed by atoms with Crippen LogP contribution in [-0.4, -0.2) is 22.8 Å². The number of amides is 3. The Morgan fingerprint density at radius 3 is 2.22 bits per heavy atom. The minimum absolute atomic E-state index is 0.00317. The number of hydrogen-bond acceptors (Lipinski definition) is 4. The van der Waals surface area contributed by atoms with Crippen molar-refractivity contribution >= 4 is 40.7 Å². The second-order valence-electron chi connectivity index (χ2n) is 5.31. The SMILES string of the molecule is CC(=O)NC(=S)NNC(=O)c1ccc(NC(=O)CC(C)C)cc1. The molecule has 0 aliphatic rings. The normalized spacial score (nSPS) is 9.91. The van der Waals surface area contributed by atoms with Crippen LogP contribution in [0, 0.1) is 5.92 Å². The van der Waals surface area contributed by atoms with E-state index in [4.69, 9.17) is 12.2 Å². The molecular weight excluding hydrogens is 316 g/mol. The van der Waals surface area contributed by atoms with Crippen LogP contribution in [0.15, 0.2) is 24.3 Å². The summed E-state index contributed by atoms with van der Waals surface area (Å²) in [4.78, 5) is 34.3. The van der Waals surface area contributed by atoms with Gasteiger partial charge in [0.1, 0.15) is 0 Å². The Kier molecular flexibility index (Phi) is 7.14. The minimum atomic E-state index is -0.419. The molecule has 1 rings (SSSR count). The van der Waals surface area contributed by atoms with Crippen LogP contribution in [0.5, 0.6) is 0 Å². The number of nitrogens with one attached hydrogen (secondary N) is 4. The number of hydrazine groups is 1. The Labute approximate surface area is 140 Å². The van der Waals surface area contributed by atoms with Crippen molar-refractivity contribution < 1.29 is 14.4 Å². The van der Waals surface area contributed by atoms with Crippen molar-refractivity contribution in [3.05, 3.63) is 29.8 Å². The Balaban J connectivity index is 2.52. The van der Waals surface area contributed by atoms with E-state index in [1.807, 2.05) is 13.8 Å². The summed E-state index contributed by atoms with van der Waals surface area (Å²) in [7, 11) is 0. The largest absolute Gasteiger partial charge is 0.326 e. The quantitative estimate of drug-likeness (QED) is 0.491. The number of carbonyl (C=O) groups is 3. The lowest BCUT2D eigenvalue weighted by atomic mass is 10.1. The zero-order chi connectivity index (χ0) is 17.4. The number of anilines is 1. The zero-order valence-corrected chi connectivity index (χ0v) is 14.0. The second kappa shape index (κ2) is 8.84. The molecule has 0 aromatic heterocycles. The summed E-state index contributed by atoms with van der Waals surface area (Å²) in [5, 5.41) is 5.07. The summed E-state index contributed by atoms with van der Waals surface area (Å²) in [6.07, 6.45) is 0.437. The van der Waals surface area contributed by atoms with Gasteiger partial charge in [-0.3, -0.25) is 25.2 Å². The maximum Gasteiger partial charge on any atom is 0.269 e. The van der Waals surface area contributed by atoms with Crippen molar-refractivity contribution in [1.29, 1.82) is 0 Å². The predicted octanol–water partition coefficient (Wildman–Crippen LogP) is 1.33. The highest BCUT2D eigenvalue weighted by Gasteiger charge is 2.08. The van der Waals surface area contributed by atoms with Crippen molar-refractivity contribution in [3.8, 4) is 0 Å². The molecule has 0 atom stereocenters. The lowest BCUT2D eigenvalue weighted by Crippen LogP contribution is -2.47. The van der Waals surface area contributed by atoms with Crippen LogP contribution >= 0.6 is 12.2 Å². The fourth-order valence-electron chi connectivity index (χ4n) is 1.66. The standard InChI is InChI=1S/C15H20N4O3S/c1-9(2)8-13(21)17-12-6-4-11(5-7-12)14(22)18-19-15(23)16-10(3)20/h4-7,9H,8H2,1-3H3,(H,17,21)(H,18,22)(H2,16,19,20,23). The molecule has 1 aromatic carbocycles. The lowest BCUT2D eigenvalue weighted by molar-refractivity contribution is -0.118. The van der Waals surface area contributed by atoms with Gasteiger partial charge in [0.05, 0.1) is 0 Å². The van der Waals surface area contributed by atoms with Gasteiger partial charge in [-0.25, -0.2) is 0 Å². The first-order valence-electron chi connectivity index (χ1n) is 7.05. The molecule has 0 radical (unpaired) electrons. The number of carbonyl (C=O) groups excluding carboxylic acids is 3. The van der Waals surface area contributed by atoms with Gasteiger partial charge in [0, 0.05) is 24.6 Å². The highest BCUT2D eigenvalue weighted by molar-refractivity contribution is 7.80. The Morgan fingerprint density at radius 2 is 1.70 bits per heavy atom. The average Bonchev–Trinajstić information content (AvgIpc) is 2.44.